The predicted molar refractivity (Wildman–Crippen MR) is 115 cm³/mol. The summed E-state index contributed by atoms with van der Waals surface area (Å²) in [5.41, 5.74) is -0.469. The number of hydrogen-bond acceptors (Lipinski definition) is 6. The van der Waals surface area contributed by atoms with Crippen LogP contribution in [-0.2, 0) is 22.5 Å². The number of aryl methyl sites for hydroxylation is 1. The van der Waals surface area contributed by atoms with Gasteiger partial charge in [0.25, 0.3) is 11.5 Å². The molecule has 0 radical (unpaired) electrons. The van der Waals surface area contributed by atoms with Crippen LogP contribution in [0.25, 0.3) is 10.9 Å². The lowest BCUT2D eigenvalue weighted by Gasteiger charge is -2.27. The lowest BCUT2D eigenvalue weighted by molar-refractivity contribution is -0.125. The Kier molecular flexibility index (Phi) is 6.74. The Morgan fingerprint density at radius 2 is 2.03 bits per heavy atom. The molecule has 0 unspecified atom stereocenters. The molecule has 2 aromatic rings. The molecule has 1 aromatic heterocycles. The van der Waals surface area contributed by atoms with Crippen molar-refractivity contribution in [2.45, 2.75) is 65.0 Å². The summed E-state index contributed by atoms with van der Waals surface area (Å²) < 4.78 is 6.86. The average molecular weight is 425 g/mol. The number of nitrogens with one attached hydrogen (secondary N) is 1. The topological polar surface area (TPSA) is 114 Å². The van der Waals surface area contributed by atoms with Gasteiger partial charge in [-0.05, 0) is 43.9 Å². The number of carbonyl (C=O) groups is 2. The molecule has 31 heavy (non-hydrogen) atoms. The van der Waals surface area contributed by atoms with Crippen LogP contribution in [0.15, 0.2) is 23.0 Å². The van der Waals surface area contributed by atoms with Crippen LogP contribution in [0.1, 0.15) is 62.6 Å². The highest BCUT2D eigenvalue weighted by Gasteiger charge is 2.30. The minimum atomic E-state index is -1.05. The van der Waals surface area contributed by atoms with Gasteiger partial charge in [0.1, 0.15) is 11.4 Å². The van der Waals surface area contributed by atoms with Gasteiger partial charge in [-0.1, -0.05) is 26.7 Å². The molecule has 2 heterocycles. The van der Waals surface area contributed by atoms with Gasteiger partial charge in [0.2, 0.25) is 0 Å². The zero-order chi connectivity index (χ0) is 22.6. The third kappa shape index (κ3) is 4.93. The molecule has 1 amide bonds. The van der Waals surface area contributed by atoms with Crippen LogP contribution in [0.3, 0.4) is 0 Å². The van der Waals surface area contributed by atoms with Gasteiger partial charge in [-0.25, -0.2) is 9.78 Å². The number of nitriles is 1. The maximum absolute atomic E-state index is 12.9. The summed E-state index contributed by atoms with van der Waals surface area (Å²) in [4.78, 5) is 42.1. The van der Waals surface area contributed by atoms with E-state index in [2.05, 4.69) is 16.4 Å². The lowest BCUT2D eigenvalue weighted by atomic mass is 9.90. The smallest absolute Gasteiger partial charge is 0.338 e. The van der Waals surface area contributed by atoms with Crippen molar-refractivity contribution in [2.75, 3.05) is 6.61 Å². The van der Waals surface area contributed by atoms with Crippen LogP contribution in [0, 0.1) is 17.2 Å². The van der Waals surface area contributed by atoms with Crippen molar-refractivity contribution < 1.29 is 14.3 Å². The summed E-state index contributed by atoms with van der Waals surface area (Å²) in [5, 5.41) is 12.4. The molecule has 0 bridgehead atoms. The van der Waals surface area contributed by atoms with E-state index in [9.17, 15) is 19.6 Å². The van der Waals surface area contributed by atoms with Gasteiger partial charge in [-0.2, -0.15) is 5.26 Å². The molecule has 8 heteroatoms. The number of aromatic nitrogens is 2. The molecule has 1 atom stereocenters. The Morgan fingerprint density at radius 3 is 2.74 bits per heavy atom. The van der Waals surface area contributed by atoms with Crippen molar-refractivity contribution in [2.24, 2.45) is 5.92 Å². The largest absolute Gasteiger partial charge is 0.452 e. The molecule has 0 saturated carbocycles. The van der Waals surface area contributed by atoms with Crippen LogP contribution < -0.4 is 10.9 Å². The number of amides is 1. The molecule has 1 aromatic carbocycles. The molecule has 0 fully saturated rings. The van der Waals surface area contributed by atoms with E-state index < -0.39 is 24.0 Å². The number of ether oxygens (including phenoxy) is 1. The fourth-order valence-corrected chi connectivity index (χ4v) is 3.56. The highest BCUT2D eigenvalue weighted by molar-refractivity contribution is 5.95. The maximum atomic E-state index is 12.9. The molecular weight excluding hydrogens is 396 g/mol. The van der Waals surface area contributed by atoms with Crippen molar-refractivity contribution >= 4 is 22.8 Å². The minimum Gasteiger partial charge on any atom is -0.452 e. The summed E-state index contributed by atoms with van der Waals surface area (Å²) in [5.74, 6) is -0.604. The Morgan fingerprint density at radius 1 is 1.29 bits per heavy atom. The molecule has 0 spiro atoms. The van der Waals surface area contributed by atoms with E-state index in [1.54, 1.807) is 17.6 Å². The zero-order valence-electron chi connectivity index (χ0n) is 18.2. The minimum absolute atomic E-state index is 0.0920. The Hall–Kier alpha value is -3.21. The quantitative estimate of drug-likeness (QED) is 0.738. The van der Waals surface area contributed by atoms with Crippen LogP contribution in [0.5, 0.6) is 0 Å². The zero-order valence-corrected chi connectivity index (χ0v) is 18.2. The average Bonchev–Trinajstić information content (AvgIpc) is 2.72. The van der Waals surface area contributed by atoms with E-state index in [4.69, 9.17) is 4.74 Å². The van der Waals surface area contributed by atoms with Gasteiger partial charge in [-0.15, -0.1) is 0 Å². The van der Waals surface area contributed by atoms with Crippen molar-refractivity contribution in [3.8, 4) is 6.07 Å². The van der Waals surface area contributed by atoms with E-state index in [-0.39, 0.29) is 17.0 Å². The van der Waals surface area contributed by atoms with Crippen LogP contribution >= 0.6 is 0 Å². The van der Waals surface area contributed by atoms with Crippen molar-refractivity contribution in [3.63, 3.8) is 0 Å². The van der Waals surface area contributed by atoms with Crippen LogP contribution in [0.2, 0.25) is 0 Å². The molecular formula is C23H28N4O4. The van der Waals surface area contributed by atoms with Gasteiger partial charge in [0, 0.05) is 13.0 Å². The van der Waals surface area contributed by atoms with Crippen LogP contribution in [0.4, 0.5) is 0 Å². The first kappa shape index (κ1) is 22.5. The summed E-state index contributed by atoms with van der Waals surface area (Å²) in [6, 6.07) is 6.70. The highest BCUT2D eigenvalue weighted by Crippen LogP contribution is 2.17. The first-order valence-electron chi connectivity index (χ1n) is 10.7. The molecule has 1 aliphatic heterocycles. The molecule has 8 nitrogen and oxygen atoms in total. The third-order valence-electron chi connectivity index (χ3n) is 5.92. The Labute approximate surface area is 181 Å². The number of nitrogens with zero attached hydrogens (tertiary/aromatic N) is 3. The van der Waals surface area contributed by atoms with Gasteiger partial charge >= 0.3 is 5.97 Å². The van der Waals surface area contributed by atoms with Gasteiger partial charge < -0.3 is 10.1 Å². The molecule has 1 N–H and O–H groups in total. The van der Waals surface area contributed by atoms with Crippen molar-refractivity contribution in [3.05, 3.63) is 39.9 Å². The maximum Gasteiger partial charge on any atom is 0.338 e. The van der Waals surface area contributed by atoms with E-state index in [1.165, 1.54) is 12.1 Å². The number of benzene rings is 1. The fourth-order valence-electron chi connectivity index (χ4n) is 3.56. The molecule has 0 saturated heterocycles. The first-order valence-corrected chi connectivity index (χ1v) is 10.7. The van der Waals surface area contributed by atoms with E-state index in [0.29, 0.717) is 17.4 Å². The second kappa shape index (κ2) is 9.29. The van der Waals surface area contributed by atoms with E-state index in [0.717, 1.165) is 37.9 Å². The summed E-state index contributed by atoms with van der Waals surface area (Å²) in [7, 11) is 0. The van der Waals surface area contributed by atoms with Gasteiger partial charge in [0.15, 0.2) is 6.61 Å². The van der Waals surface area contributed by atoms with Crippen molar-refractivity contribution in [1.82, 2.24) is 14.9 Å². The predicted octanol–water partition coefficient (Wildman–Crippen LogP) is 2.72. The lowest BCUT2D eigenvalue weighted by Crippen LogP contribution is -2.50. The summed E-state index contributed by atoms with van der Waals surface area (Å²) >= 11 is 0. The Bertz CT molecular complexity index is 1100. The fraction of sp³-hybridized carbons (Fsp3) is 0.522. The Balaban J connectivity index is 1.76. The normalized spacial score (nSPS) is 15.8. The SMILES string of the molecule is CC(C)[C@](C)(C#N)NC(=O)COC(=O)c1ccc2c(=O)n3c(nc2c1)CCCCCC3. The highest BCUT2D eigenvalue weighted by atomic mass is 16.5. The summed E-state index contributed by atoms with van der Waals surface area (Å²) in [6.45, 7) is 5.43. The second-order valence-electron chi connectivity index (χ2n) is 8.47. The summed E-state index contributed by atoms with van der Waals surface area (Å²) in [6.07, 6.45) is 4.88. The number of hydrogen-bond donors (Lipinski definition) is 1. The number of fused-ring (bicyclic) bond motifs is 2. The van der Waals surface area contributed by atoms with Crippen molar-refractivity contribution in [1.29, 1.82) is 5.26 Å². The number of carbonyl (C=O) groups excluding carboxylic acids is 2. The molecule has 3 rings (SSSR count). The number of esters is 1. The molecule has 0 aliphatic carbocycles. The van der Waals surface area contributed by atoms with Crippen LogP contribution in [-0.4, -0.2) is 33.6 Å². The van der Waals surface area contributed by atoms with Gasteiger partial charge in [0.05, 0.1) is 22.5 Å². The molecule has 1 aliphatic rings. The number of rotatable bonds is 5. The second-order valence-corrected chi connectivity index (χ2v) is 8.47. The standard InChI is InChI=1S/C23H28N4O4/c1-15(2)23(3,14-24)26-20(28)13-31-22(30)16-9-10-17-18(12-16)25-19-8-6-4-5-7-11-27(19)21(17)29/h9-10,12,15H,4-8,11,13H2,1-3H3,(H,26,28)/t23-/m0/s1. The first-order chi connectivity index (χ1) is 14.7. The third-order valence-corrected chi connectivity index (χ3v) is 5.92. The van der Waals surface area contributed by atoms with E-state index >= 15 is 0 Å². The van der Waals surface area contributed by atoms with E-state index in [1.807, 2.05) is 13.8 Å². The molecule has 164 valence electrons. The van der Waals surface area contributed by atoms with Gasteiger partial charge in [-0.3, -0.25) is 14.2 Å². The monoisotopic (exact) mass is 424 g/mol.